The number of aromatic nitrogens is 2. The van der Waals surface area contributed by atoms with Crippen molar-refractivity contribution in [2.75, 3.05) is 19.7 Å². The first-order chi connectivity index (χ1) is 10.5. The molecule has 1 aromatic heterocycles. The highest BCUT2D eigenvalue weighted by Gasteiger charge is 2.27. The highest BCUT2D eigenvalue weighted by molar-refractivity contribution is 5.92. The predicted octanol–water partition coefficient (Wildman–Crippen LogP) is 1.65. The quantitative estimate of drug-likeness (QED) is 0.916. The lowest BCUT2D eigenvalue weighted by Crippen LogP contribution is -2.42. The minimum Gasteiger partial charge on any atom is -0.508 e. The Morgan fingerprint density at radius 2 is 2.23 bits per heavy atom. The minimum atomic E-state index is -0.223. The topological polar surface area (TPSA) is 67.6 Å². The Kier molecular flexibility index (Phi) is 3.85. The molecule has 0 saturated carbocycles. The third-order valence-electron chi connectivity index (χ3n) is 3.82. The number of phenols is 1. The highest BCUT2D eigenvalue weighted by atomic mass is 16.5. The van der Waals surface area contributed by atoms with Crippen LogP contribution >= 0.6 is 0 Å². The molecule has 0 spiro atoms. The minimum absolute atomic E-state index is 0.0449. The van der Waals surface area contributed by atoms with Gasteiger partial charge in [-0.2, -0.15) is 5.10 Å². The van der Waals surface area contributed by atoms with Crippen LogP contribution in [0, 0.1) is 6.92 Å². The number of carbonyl (C=O) groups excluding carboxylic acids is 1. The molecule has 0 aliphatic carbocycles. The summed E-state index contributed by atoms with van der Waals surface area (Å²) in [5.74, 6) is 0.156. The van der Waals surface area contributed by atoms with Gasteiger partial charge >= 0.3 is 0 Å². The number of hydrogen-bond acceptors (Lipinski definition) is 4. The van der Waals surface area contributed by atoms with Gasteiger partial charge in [-0.3, -0.25) is 9.48 Å². The first-order valence-electron chi connectivity index (χ1n) is 7.25. The smallest absolute Gasteiger partial charge is 0.272 e. The van der Waals surface area contributed by atoms with Gasteiger partial charge in [0.15, 0.2) is 0 Å². The first-order valence-corrected chi connectivity index (χ1v) is 7.25. The van der Waals surface area contributed by atoms with Crippen LogP contribution in [0.2, 0.25) is 0 Å². The molecule has 3 rings (SSSR count). The summed E-state index contributed by atoms with van der Waals surface area (Å²) >= 11 is 0. The van der Waals surface area contributed by atoms with Crippen molar-refractivity contribution >= 4 is 5.91 Å². The zero-order valence-corrected chi connectivity index (χ0v) is 12.7. The molecule has 0 bridgehead atoms. The van der Waals surface area contributed by atoms with Gasteiger partial charge in [-0.15, -0.1) is 0 Å². The monoisotopic (exact) mass is 301 g/mol. The van der Waals surface area contributed by atoms with Gasteiger partial charge in [0.05, 0.1) is 18.8 Å². The Labute approximate surface area is 128 Å². The van der Waals surface area contributed by atoms with Crippen molar-refractivity contribution in [1.82, 2.24) is 14.7 Å². The molecule has 6 heteroatoms. The summed E-state index contributed by atoms with van der Waals surface area (Å²) in [6.45, 7) is 3.36. The summed E-state index contributed by atoms with van der Waals surface area (Å²) in [5, 5.41) is 13.8. The molecule has 22 heavy (non-hydrogen) atoms. The molecule has 2 heterocycles. The third kappa shape index (κ3) is 2.82. The second-order valence-corrected chi connectivity index (χ2v) is 5.50. The van der Waals surface area contributed by atoms with Gasteiger partial charge in [0, 0.05) is 13.6 Å². The van der Waals surface area contributed by atoms with Gasteiger partial charge in [0.1, 0.15) is 17.5 Å². The molecule has 6 nitrogen and oxygen atoms in total. The number of nitrogens with zero attached hydrogens (tertiary/aromatic N) is 3. The van der Waals surface area contributed by atoms with E-state index in [9.17, 15) is 9.90 Å². The summed E-state index contributed by atoms with van der Waals surface area (Å²) in [7, 11) is 1.77. The molecule has 1 aliphatic heterocycles. The van der Waals surface area contributed by atoms with Crippen LogP contribution in [0.3, 0.4) is 0 Å². The van der Waals surface area contributed by atoms with Crippen LogP contribution in [0.5, 0.6) is 5.75 Å². The maximum absolute atomic E-state index is 12.6. The molecule has 1 fully saturated rings. The number of hydrogen-bond donors (Lipinski definition) is 1. The number of rotatable bonds is 2. The molecular weight excluding hydrogens is 282 g/mol. The Balaban J connectivity index is 1.78. The Morgan fingerprint density at radius 3 is 2.91 bits per heavy atom. The fourth-order valence-electron chi connectivity index (χ4n) is 2.73. The van der Waals surface area contributed by atoms with E-state index in [1.165, 1.54) is 0 Å². The van der Waals surface area contributed by atoms with Crippen LogP contribution in [0.15, 0.2) is 30.3 Å². The lowest BCUT2D eigenvalue weighted by Gasteiger charge is -2.33. The van der Waals surface area contributed by atoms with Crippen molar-refractivity contribution in [2.24, 2.45) is 7.05 Å². The zero-order valence-electron chi connectivity index (χ0n) is 12.7. The molecule has 1 unspecified atom stereocenters. The first kappa shape index (κ1) is 14.6. The molecule has 1 saturated heterocycles. The molecule has 1 aromatic carbocycles. The molecule has 1 atom stereocenters. The maximum atomic E-state index is 12.6. The molecular formula is C16H19N3O3. The van der Waals surface area contributed by atoms with E-state index in [-0.39, 0.29) is 17.8 Å². The van der Waals surface area contributed by atoms with Crippen LogP contribution in [-0.2, 0) is 11.8 Å². The SMILES string of the molecule is Cc1cc(C(=O)N2CCOC(c3cccc(O)c3)C2)n(C)n1. The van der Waals surface area contributed by atoms with Crippen LogP contribution in [0.4, 0.5) is 0 Å². The van der Waals surface area contributed by atoms with E-state index in [1.807, 2.05) is 13.0 Å². The van der Waals surface area contributed by atoms with Gasteiger partial charge < -0.3 is 14.7 Å². The lowest BCUT2D eigenvalue weighted by molar-refractivity contribution is -0.0232. The van der Waals surface area contributed by atoms with Crippen molar-refractivity contribution in [3.63, 3.8) is 0 Å². The number of morpholine rings is 1. The largest absolute Gasteiger partial charge is 0.508 e. The van der Waals surface area contributed by atoms with Crippen molar-refractivity contribution < 1.29 is 14.6 Å². The Hall–Kier alpha value is -2.34. The number of phenolic OH excluding ortho intramolecular Hbond substituents is 1. The van der Waals surface area contributed by atoms with E-state index >= 15 is 0 Å². The van der Waals surface area contributed by atoms with Gasteiger partial charge in [0.2, 0.25) is 0 Å². The maximum Gasteiger partial charge on any atom is 0.272 e. The van der Waals surface area contributed by atoms with Gasteiger partial charge in [-0.25, -0.2) is 0 Å². The second kappa shape index (κ2) is 5.81. The number of amides is 1. The van der Waals surface area contributed by atoms with E-state index in [0.717, 1.165) is 11.3 Å². The fourth-order valence-corrected chi connectivity index (χ4v) is 2.73. The summed E-state index contributed by atoms with van der Waals surface area (Å²) < 4.78 is 7.35. The molecule has 1 amide bonds. The Morgan fingerprint density at radius 1 is 1.41 bits per heavy atom. The number of carbonyl (C=O) groups is 1. The fraction of sp³-hybridized carbons (Fsp3) is 0.375. The van der Waals surface area contributed by atoms with E-state index < -0.39 is 0 Å². The second-order valence-electron chi connectivity index (χ2n) is 5.50. The van der Waals surface area contributed by atoms with Gasteiger partial charge in [0.25, 0.3) is 5.91 Å². The predicted molar refractivity (Wildman–Crippen MR) is 80.6 cm³/mol. The molecule has 2 aromatic rings. The third-order valence-corrected chi connectivity index (χ3v) is 3.82. The summed E-state index contributed by atoms with van der Waals surface area (Å²) in [4.78, 5) is 14.4. The van der Waals surface area contributed by atoms with Crippen LogP contribution < -0.4 is 0 Å². The van der Waals surface area contributed by atoms with Crippen molar-refractivity contribution in [1.29, 1.82) is 0 Å². The van der Waals surface area contributed by atoms with E-state index in [1.54, 1.807) is 40.9 Å². The summed E-state index contributed by atoms with van der Waals surface area (Å²) in [5.41, 5.74) is 2.27. The number of ether oxygens (including phenoxy) is 1. The molecule has 116 valence electrons. The van der Waals surface area contributed by atoms with Crippen LogP contribution in [0.25, 0.3) is 0 Å². The molecule has 0 radical (unpaired) electrons. The molecule has 1 aliphatic rings. The highest BCUT2D eigenvalue weighted by Crippen LogP contribution is 2.25. The van der Waals surface area contributed by atoms with E-state index in [4.69, 9.17) is 4.74 Å². The van der Waals surface area contributed by atoms with E-state index in [2.05, 4.69) is 5.10 Å². The van der Waals surface area contributed by atoms with Crippen molar-refractivity contribution in [3.8, 4) is 5.75 Å². The van der Waals surface area contributed by atoms with Crippen LogP contribution in [-0.4, -0.2) is 45.4 Å². The zero-order chi connectivity index (χ0) is 15.7. The summed E-state index contributed by atoms with van der Waals surface area (Å²) in [6.07, 6.45) is -0.223. The van der Waals surface area contributed by atoms with Gasteiger partial charge in [-0.05, 0) is 30.7 Å². The van der Waals surface area contributed by atoms with Gasteiger partial charge in [-0.1, -0.05) is 12.1 Å². The summed E-state index contributed by atoms with van der Waals surface area (Å²) in [6, 6.07) is 8.76. The number of benzene rings is 1. The molecule has 1 N–H and O–H groups in total. The normalized spacial score (nSPS) is 18.5. The number of aromatic hydroxyl groups is 1. The standard InChI is InChI=1S/C16H19N3O3/c1-11-8-14(18(2)17-11)16(21)19-6-7-22-15(10-19)12-4-3-5-13(20)9-12/h3-5,8-9,15,20H,6-7,10H2,1-2H3. The van der Waals surface area contributed by atoms with Crippen LogP contribution in [0.1, 0.15) is 27.8 Å². The average molecular weight is 301 g/mol. The average Bonchev–Trinajstić information content (AvgIpc) is 2.85. The van der Waals surface area contributed by atoms with Crippen molar-refractivity contribution in [3.05, 3.63) is 47.3 Å². The Bertz CT molecular complexity index is 696. The number of aryl methyl sites for hydroxylation is 2. The van der Waals surface area contributed by atoms with E-state index in [0.29, 0.717) is 25.4 Å². The van der Waals surface area contributed by atoms with Crippen molar-refractivity contribution in [2.45, 2.75) is 13.0 Å². The lowest BCUT2D eigenvalue weighted by atomic mass is 10.1.